The molecule has 72 valence electrons. The Hall–Kier alpha value is -1.44. The molecule has 2 atom stereocenters. The summed E-state index contributed by atoms with van der Waals surface area (Å²) in [5.74, 6) is -0.208. The van der Waals surface area contributed by atoms with Gasteiger partial charge in [-0.05, 0) is 25.0 Å². The summed E-state index contributed by atoms with van der Waals surface area (Å²) in [5.41, 5.74) is 2.06. The van der Waals surface area contributed by atoms with E-state index in [2.05, 4.69) is 0 Å². The molecule has 0 fully saturated rings. The average Bonchev–Trinajstić information content (AvgIpc) is 2.05. The van der Waals surface area contributed by atoms with Crippen LogP contribution in [0.5, 0.6) is 0 Å². The molecule has 2 unspecified atom stereocenters. The summed E-state index contributed by atoms with van der Waals surface area (Å²) in [6.07, 6.45) is 0. The number of hydrogen-bond donors (Lipinski definition) is 0. The van der Waals surface area contributed by atoms with E-state index in [9.17, 15) is 9.59 Å². The Morgan fingerprint density at radius 3 is 1.57 bits per heavy atom. The van der Waals surface area contributed by atoms with Crippen LogP contribution in [0.2, 0.25) is 0 Å². The normalized spacial score (nSPS) is 23.6. The Kier molecular flexibility index (Phi) is 1.99. The first-order valence-electron chi connectivity index (χ1n) is 4.72. The molecule has 0 aliphatic heterocycles. The lowest BCUT2D eigenvalue weighted by atomic mass is 9.65. The van der Waals surface area contributed by atoms with Crippen molar-refractivity contribution in [2.45, 2.75) is 25.7 Å². The molecule has 0 heterocycles. The van der Waals surface area contributed by atoms with Crippen LogP contribution in [0.4, 0.5) is 0 Å². The highest BCUT2D eigenvalue weighted by molar-refractivity contribution is 5.99. The van der Waals surface area contributed by atoms with E-state index in [1.165, 1.54) is 0 Å². The van der Waals surface area contributed by atoms with Gasteiger partial charge in [-0.25, -0.2) is 0 Å². The highest BCUT2D eigenvalue weighted by atomic mass is 16.1. The first kappa shape index (κ1) is 9.13. The molecule has 0 amide bonds. The van der Waals surface area contributed by atoms with Gasteiger partial charge >= 0.3 is 0 Å². The van der Waals surface area contributed by atoms with Gasteiger partial charge in [-0.2, -0.15) is 0 Å². The van der Waals surface area contributed by atoms with Crippen LogP contribution in [0, 0.1) is 0 Å². The van der Waals surface area contributed by atoms with Crippen molar-refractivity contribution < 1.29 is 9.59 Å². The number of ketones is 2. The van der Waals surface area contributed by atoms with Gasteiger partial charge in [-0.3, -0.25) is 9.59 Å². The van der Waals surface area contributed by atoms with E-state index < -0.39 is 0 Å². The van der Waals surface area contributed by atoms with Crippen molar-refractivity contribution in [3.63, 3.8) is 0 Å². The molecule has 1 aliphatic carbocycles. The highest BCUT2D eigenvalue weighted by Gasteiger charge is 2.42. The van der Waals surface area contributed by atoms with E-state index in [1.54, 1.807) is 13.8 Å². The molecule has 14 heavy (non-hydrogen) atoms. The fourth-order valence-corrected chi connectivity index (χ4v) is 2.25. The van der Waals surface area contributed by atoms with Gasteiger partial charge in [0.05, 0.1) is 11.8 Å². The fourth-order valence-electron chi connectivity index (χ4n) is 2.25. The standard InChI is InChI=1S/C12H12O2/c1-7(13)11-9-5-3-4-6-10(9)12(11)8(2)14/h3-6,11-12H,1-2H3. The summed E-state index contributed by atoms with van der Waals surface area (Å²) >= 11 is 0. The lowest BCUT2D eigenvalue weighted by Gasteiger charge is -2.36. The summed E-state index contributed by atoms with van der Waals surface area (Å²) in [6.45, 7) is 3.10. The second-order valence-electron chi connectivity index (χ2n) is 3.81. The maximum atomic E-state index is 11.4. The molecule has 0 bridgehead atoms. The largest absolute Gasteiger partial charge is 0.299 e. The summed E-state index contributed by atoms with van der Waals surface area (Å²) in [4.78, 5) is 22.7. The van der Waals surface area contributed by atoms with E-state index in [1.807, 2.05) is 24.3 Å². The van der Waals surface area contributed by atoms with Gasteiger partial charge in [0.2, 0.25) is 0 Å². The van der Waals surface area contributed by atoms with Crippen molar-refractivity contribution in [1.29, 1.82) is 0 Å². The van der Waals surface area contributed by atoms with Gasteiger partial charge in [-0.15, -0.1) is 0 Å². The van der Waals surface area contributed by atoms with Crippen molar-refractivity contribution in [3.8, 4) is 0 Å². The summed E-state index contributed by atoms with van der Waals surface area (Å²) in [5, 5.41) is 0. The van der Waals surface area contributed by atoms with Gasteiger partial charge in [0, 0.05) is 0 Å². The van der Waals surface area contributed by atoms with Gasteiger partial charge < -0.3 is 0 Å². The van der Waals surface area contributed by atoms with Gasteiger partial charge in [-0.1, -0.05) is 24.3 Å². The Balaban J connectivity index is 2.47. The third-order valence-corrected chi connectivity index (χ3v) is 2.88. The molecule has 2 heteroatoms. The predicted octanol–water partition coefficient (Wildman–Crippen LogP) is 2.05. The number of rotatable bonds is 2. The fraction of sp³-hybridized carbons (Fsp3) is 0.333. The van der Waals surface area contributed by atoms with E-state index >= 15 is 0 Å². The van der Waals surface area contributed by atoms with Crippen molar-refractivity contribution in [2.75, 3.05) is 0 Å². The second kappa shape index (κ2) is 3.05. The minimum absolute atomic E-state index is 0.0869. The monoisotopic (exact) mass is 188 g/mol. The number of carbonyl (C=O) groups excluding carboxylic acids is 2. The Morgan fingerprint density at radius 1 is 0.929 bits per heavy atom. The number of hydrogen-bond acceptors (Lipinski definition) is 2. The summed E-state index contributed by atoms with van der Waals surface area (Å²) < 4.78 is 0. The van der Waals surface area contributed by atoms with Gasteiger partial charge in [0.15, 0.2) is 0 Å². The maximum absolute atomic E-state index is 11.4. The minimum atomic E-state index is -0.191. The van der Waals surface area contributed by atoms with Crippen LogP contribution < -0.4 is 0 Å². The zero-order valence-corrected chi connectivity index (χ0v) is 8.28. The predicted molar refractivity (Wildman–Crippen MR) is 53.3 cm³/mol. The molecule has 0 aromatic heterocycles. The van der Waals surface area contributed by atoms with Gasteiger partial charge in [0.25, 0.3) is 0 Å². The van der Waals surface area contributed by atoms with Crippen molar-refractivity contribution in [1.82, 2.24) is 0 Å². The third kappa shape index (κ3) is 1.10. The van der Waals surface area contributed by atoms with Crippen molar-refractivity contribution in [2.24, 2.45) is 0 Å². The first-order valence-corrected chi connectivity index (χ1v) is 4.72. The van der Waals surface area contributed by atoms with E-state index in [-0.39, 0.29) is 23.4 Å². The number of fused-ring (bicyclic) bond motifs is 1. The minimum Gasteiger partial charge on any atom is -0.299 e. The van der Waals surface area contributed by atoms with Gasteiger partial charge in [0.1, 0.15) is 11.6 Å². The van der Waals surface area contributed by atoms with Crippen LogP contribution in [-0.2, 0) is 9.59 Å². The molecular formula is C12H12O2. The first-order chi connectivity index (χ1) is 6.63. The molecule has 0 saturated heterocycles. The molecule has 0 saturated carbocycles. The second-order valence-corrected chi connectivity index (χ2v) is 3.81. The quantitative estimate of drug-likeness (QED) is 0.711. The molecule has 0 spiro atoms. The lowest BCUT2D eigenvalue weighted by molar-refractivity contribution is -0.126. The van der Waals surface area contributed by atoms with Crippen LogP contribution in [0.1, 0.15) is 36.8 Å². The molecule has 0 radical (unpaired) electrons. The van der Waals surface area contributed by atoms with Crippen molar-refractivity contribution >= 4 is 11.6 Å². The molecule has 0 N–H and O–H groups in total. The Bertz CT molecular complexity index is 368. The highest BCUT2D eigenvalue weighted by Crippen LogP contribution is 2.47. The van der Waals surface area contributed by atoms with Crippen LogP contribution in [-0.4, -0.2) is 11.6 Å². The smallest absolute Gasteiger partial charge is 0.138 e. The van der Waals surface area contributed by atoms with Crippen LogP contribution >= 0.6 is 0 Å². The summed E-state index contributed by atoms with van der Waals surface area (Å²) in [6, 6.07) is 7.68. The molecule has 2 rings (SSSR count). The molecule has 1 aromatic rings. The van der Waals surface area contributed by atoms with Crippen LogP contribution in [0.3, 0.4) is 0 Å². The SMILES string of the molecule is CC(=O)C1c2ccccc2C1C(C)=O. The molecular weight excluding hydrogens is 176 g/mol. The average molecular weight is 188 g/mol. The zero-order chi connectivity index (χ0) is 10.3. The van der Waals surface area contributed by atoms with Crippen LogP contribution in [0.25, 0.3) is 0 Å². The van der Waals surface area contributed by atoms with E-state index in [0.29, 0.717) is 0 Å². The van der Waals surface area contributed by atoms with Crippen molar-refractivity contribution in [3.05, 3.63) is 35.4 Å². The topological polar surface area (TPSA) is 34.1 Å². The number of Topliss-reactive ketones (excluding diaryl/α,β-unsaturated/α-hetero) is 2. The molecule has 1 aliphatic rings. The Morgan fingerprint density at radius 2 is 1.29 bits per heavy atom. The zero-order valence-electron chi connectivity index (χ0n) is 8.28. The van der Waals surface area contributed by atoms with Crippen LogP contribution in [0.15, 0.2) is 24.3 Å². The molecule has 2 nitrogen and oxygen atoms in total. The third-order valence-electron chi connectivity index (χ3n) is 2.88. The maximum Gasteiger partial charge on any atom is 0.138 e. The van der Waals surface area contributed by atoms with E-state index in [4.69, 9.17) is 0 Å². The molecule has 1 aromatic carbocycles. The summed E-state index contributed by atoms with van der Waals surface area (Å²) in [7, 11) is 0. The number of benzene rings is 1. The lowest BCUT2D eigenvalue weighted by Crippen LogP contribution is -2.33. The number of carbonyl (C=O) groups is 2. The van der Waals surface area contributed by atoms with E-state index in [0.717, 1.165) is 11.1 Å². The Labute approximate surface area is 82.9 Å².